The minimum absolute atomic E-state index is 0.0925. The molecule has 1 aromatic carbocycles. The molecule has 2 N–H and O–H groups in total. The Hall–Kier alpha value is -3.16. The van der Waals surface area contributed by atoms with Gasteiger partial charge in [-0.3, -0.25) is 14.5 Å². The van der Waals surface area contributed by atoms with Crippen LogP contribution in [0, 0.1) is 0 Å². The van der Waals surface area contributed by atoms with Crippen LogP contribution in [0.2, 0.25) is 0 Å². The number of fused-ring (bicyclic) bond motifs is 1. The number of esters is 1. The summed E-state index contributed by atoms with van der Waals surface area (Å²) in [4.78, 5) is 26.4. The van der Waals surface area contributed by atoms with Crippen molar-refractivity contribution in [1.29, 1.82) is 0 Å². The van der Waals surface area contributed by atoms with Gasteiger partial charge in [0, 0.05) is 43.1 Å². The normalized spacial score (nSPS) is 27.2. The number of likely N-dealkylation sites (tertiary alicyclic amines) is 1. The highest BCUT2D eigenvalue weighted by Crippen LogP contribution is 2.52. The van der Waals surface area contributed by atoms with Gasteiger partial charge in [-0.25, -0.2) is 0 Å². The Balaban J connectivity index is 1.60. The van der Waals surface area contributed by atoms with Gasteiger partial charge < -0.3 is 19.6 Å². The van der Waals surface area contributed by atoms with Crippen molar-refractivity contribution >= 4 is 18.0 Å². The minimum Gasteiger partial charge on any atom is -0.472 e. The summed E-state index contributed by atoms with van der Waals surface area (Å²) < 4.78 is 10.4. The first-order chi connectivity index (χ1) is 16.3. The zero-order valence-corrected chi connectivity index (χ0v) is 19.5. The van der Waals surface area contributed by atoms with Crippen LogP contribution in [-0.4, -0.2) is 53.2 Å². The van der Waals surface area contributed by atoms with Crippen LogP contribution >= 0.6 is 0 Å². The van der Waals surface area contributed by atoms with E-state index in [1.54, 1.807) is 30.7 Å². The second-order valence-corrected chi connectivity index (χ2v) is 9.35. The number of nitrogens with one attached hydrogen (secondary N) is 1. The summed E-state index contributed by atoms with van der Waals surface area (Å²) in [5.41, 5.74) is 0.198. The van der Waals surface area contributed by atoms with Crippen LogP contribution in [0.25, 0.3) is 6.08 Å². The van der Waals surface area contributed by atoms with Gasteiger partial charge in [0.25, 0.3) is 0 Å². The number of β-amino-alcohol motifs (C(OH)–C–C–N with tert-alkyl or cyclic N) is 1. The number of benzene rings is 1. The lowest BCUT2D eigenvalue weighted by molar-refractivity contribution is -0.132. The summed E-state index contributed by atoms with van der Waals surface area (Å²) in [6, 6.07) is 9.14. The van der Waals surface area contributed by atoms with Gasteiger partial charge in [-0.1, -0.05) is 18.2 Å². The van der Waals surface area contributed by atoms with Crippen molar-refractivity contribution in [3.8, 4) is 5.75 Å². The van der Waals surface area contributed by atoms with Gasteiger partial charge in [0.15, 0.2) is 0 Å². The lowest BCUT2D eigenvalue weighted by Crippen LogP contribution is -2.67. The van der Waals surface area contributed by atoms with Gasteiger partial charge in [0.1, 0.15) is 5.75 Å². The molecule has 1 aliphatic heterocycles. The highest BCUT2D eigenvalue weighted by molar-refractivity contribution is 5.91. The molecule has 2 aliphatic rings. The van der Waals surface area contributed by atoms with Gasteiger partial charge in [-0.2, -0.15) is 0 Å². The minimum atomic E-state index is -0.975. The van der Waals surface area contributed by atoms with E-state index in [0.717, 1.165) is 24.1 Å². The van der Waals surface area contributed by atoms with Gasteiger partial charge in [0.2, 0.25) is 5.91 Å². The fraction of sp³-hybridized carbons (Fsp3) is 0.407. The van der Waals surface area contributed by atoms with Crippen molar-refractivity contribution in [1.82, 2.24) is 10.2 Å². The summed E-state index contributed by atoms with van der Waals surface area (Å²) in [5.74, 6) is -0.0992. The van der Waals surface area contributed by atoms with Crippen LogP contribution in [0.3, 0.4) is 0 Å². The summed E-state index contributed by atoms with van der Waals surface area (Å²) in [6.07, 6.45) is 10.8. The number of furan rings is 1. The third-order valence-corrected chi connectivity index (χ3v) is 7.08. The highest BCUT2D eigenvalue weighted by atomic mass is 16.5. The van der Waals surface area contributed by atoms with Crippen molar-refractivity contribution in [2.45, 2.75) is 49.7 Å². The molecule has 2 fully saturated rings. The number of hydrogen-bond donors (Lipinski definition) is 2. The van der Waals surface area contributed by atoms with Crippen molar-refractivity contribution in [2.75, 3.05) is 19.6 Å². The number of rotatable bonds is 7. The molecule has 180 valence electrons. The molecule has 0 unspecified atom stereocenters. The van der Waals surface area contributed by atoms with Gasteiger partial charge in [-0.15, -0.1) is 6.58 Å². The van der Waals surface area contributed by atoms with E-state index >= 15 is 0 Å². The van der Waals surface area contributed by atoms with E-state index in [1.807, 2.05) is 24.3 Å². The maximum Gasteiger partial charge on any atom is 0.308 e. The number of carbonyl (C=O) groups is 2. The van der Waals surface area contributed by atoms with Crippen molar-refractivity contribution < 1.29 is 23.8 Å². The van der Waals surface area contributed by atoms with E-state index in [2.05, 4.69) is 16.8 Å². The molecule has 4 rings (SSSR count). The molecule has 7 nitrogen and oxygen atoms in total. The lowest BCUT2D eigenvalue weighted by atomic mass is 9.55. The summed E-state index contributed by atoms with van der Waals surface area (Å²) >= 11 is 0. The Morgan fingerprint density at radius 1 is 1.35 bits per heavy atom. The molecule has 1 aromatic heterocycles. The molecule has 0 spiro atoms. The molecular formula is C27H32N2O5. The van der Waals surface area contributed by atoms with Gasteiger partial charge >= 0.3 is 5.97 Å². The second-order valence-electron chi connectivity index (χ2n) is 9.35. The summed E-state index contributed by atoms with van der Waals surface area (Å²) in [6.45, 7) is 7.26. The van der Waals surface area contributed by atoms with E-state index < -0.39 is 11.0 Å². The average molecular weight is 465 g/mol. The Morgan fingerprint density at radius 2 is 2.21 bits per heavy atom. The topological polar surface area (TPSA) is 92.0 Å². The summed E-state index contributed by atoms with van der Waals surface area (Å²) in [7, 11) is 0. The maximum absolute atomic E-state index is 12.6. The third kappa shape index (κ3) is 5.00. The van der Waals surface area contributed by atoms with Crippen LogP contribution in [-0.2, 0) is 15.0 Å². The van der Waals surface area contributed by atoms with E-state index in [-0.39, 0.29) is 17.9 Å². The number of ether oxygens (including phenoxy) is 1. The van der Waals surface area contributed by atoms with E-state index in [1.165, 1.54) is 13.0 Å². The zero-order valence-electron chi connectivity index (χ0n) is 19.5. The molecule has 0 bridgehead atoms. The number of hydrogen-bond acceptors (Lipinski definition) is 6. The Morgan fingerprint density at radius 3 is 2.94 bits per heavy atom. The van der Waals surface area contributed by atoms with E-state index in [4.69, 9.17) is 9.15 Å². The first kappa shape index (κ1) is 24.0. The molecule has 2 heterocycles. The Bertz CT molecular complexity index is 1060. The van der Waals surface area contributed by atoms with Gasteiger partial charge in [-0.05, 0) is 62.1 Å². The molecular weight excluding hydrogens is 432 g/mol. The molecule has 2 aromatic rings. The standard InChI is InChI=1S/C27H32N2O5/c1-3-13-29-14-12-26(22-5-4-6-24(16-22)34-20(2)30)17-23(9-11-27(26,32)19-29)28-25(31)8-7-21-10-15-33-18-21/h3-8,10,15-16,18,23,32H,1,9,11-14,17,19H2,2H3,(H,28,31)/t23-,26+,27+/m1/s1. The number of nitrogens with zero attached hydrogens (tertiary/aromatic N) is 1. The number of carbonyl (C=O) groups excluding carboxylic acids is 2. The maximum atomic E-state index is 12.6. The second kappa shape index (κ2) is 9.99. The largest absolute Gasteiger partial charge is 0.472 e. The van der Waals surface area contributed by atoms with E-state index in [0.29, 0.717) is 38.1 Å². The SMILES string of the molecule is C=CCN1CC[C@@]2(c3cccc(OC(C)=O)c3)C[C@H](NC(=O)C=Cc3ccoc3)CC[C@]2(O)C1. The highest BCUT2D eigenvalue weighted by Gasteiger charge is 2.57. The molecule has 0 radical (unpaired) electrons. The predicted molar refractivity (Wildman–Crippen MR) is 129 cm³/mol. The molecule has 7 heteroatoms. The fourth-order valence-corrected chi connectivity index (χ4v) is 5.53. The molecule has 3 atom stereocenters. The van der Waals surface area contributed by atoms with Crippen molar-refractivity contribution in [3.63, 3.8) is 0 Å². The fourth-order valence-electron chi connectivity index (χ4n) is 5.53. The quantitative estimate of drug-likeness (QED) is 0.282. The van der Waals surface area contributed by atoms with Crippen LogP contribution in [0.5, 0.6) is 5.75 Å². The lowest BCUT2D eigenvalue weighted by Gasteiger charge is -2.58. The van der Waals surface area contributed by atoms with Crippen LogP contribution < -0.4 is 10.1 Å². The molecule has 1 aliphatic carbocycles. The van der Waals surface area contributed by atoms with Crippen LogP contribution in [0.4, 0.5) is 0 Å². The van der Waals surface area contributed by atoms with Gasteiger partial charge in [0.05, 0.1) is 18.1 Å². The Labute approximate surface area is 200 Å². The molecule has 1 saturated carbocycles. The Kier molecular flexibility index (Phi) is 7.05. The predicted octanol–water partition coefficient (Wildman–Crippen LogP) is 3.45. The first-order valence-electron chi connectivity index (χ1n) is 11.7. The van der Waals surface area contributed by atoms with Crippen LogP contribution in [0.1, 0.15) is 43.7 Å². The first-order valence-corrected chi connectivity index (χ1v) is 11.7. The zero-order chi connectivity index (χ0) is 24.2. The third-order valence-electron chi connectivity index (χ3n) is 7.08. The van der Waals surface area contributed by atoms with Crippen molar-refractivity contribution in [3.05, 3.63) is 72.7 Å². The molecule has 1 amide bonds. The smallest absolute Gasteiger partial charge is 0.308 e. The number of amides is 1. The average Bonchev–Trinajstić information content (AvgIpc) is 3.32. The molecule has 34 heavy (non-hydrogen) atoms. The molecule has 1 saturated heterocycles. The van der Waals surface area contributed by atoms with E-state index in [9.17, 15) is 14.7 Å². The van der Waals surface area contributed by atoms with Crippen LogP contribution in [0.15, 0.2) is 66.0 Å². The summed E-state index contributed by atoms with van der Waals surface area (Å²) in [5, 5.41) is 15.2. The number of piperidine rings is 1. The number of aliphatic hydroxyl groups is 1. The van der Waals surface area contributed by atoms with Crippen molar-refractivity contribution in [2.24, 2.45) is 0 Å². The monoisotopic (exact) mass is 464 g/mol.